The number of rotatable bonds is 5. The Labute approximate surface area is 166 Å². The zero-order valence-electron chi connectivity index (χ0n) is 18.2. The fraction of sp³-hybridized carbons (Fsp3) is 0.720. The summed E-state index contributed by atoms with van der Waals surface area (Å²) in [5.41, 5.74) is 4.16. The third kappa shape index (κ3) is 3.57. The SMILES string of the molecule is CCCC(C)OC(=O)C1(C)CCCC2(C)c3ccc(C(C)C)cc3CCC12. The normalized spacial score (nSPS) is 31.1. The van der Waals surface area contributed by atoms with Crippen LogP contribution in [-0.2, 0) is 21.4 Å². The summed E-state index contributed by atoms with van der Waals surface area (Å²) in [4.78, 5) is 13.2. The minimum atomic E-state index is -0.358. The number of carbonyl (C=O) groups is 1. The Kier molecular flexibility index (Phi) is 5.75. The van der Waals surface area contributed by atoms with E-state index in [1.165, 1.54) is 23.1 Å². The average molecular weight is 371 g/mol. The van der Waals surface area contributed by atoms with Crippen molar-refractivity contribution in [1.82, 2.24) is 0 Å². The molecule has 0 radical (unpaired) electrons. The number of ether oxygens (including phenoxy) is 1. The lowest BCUT2D eigenvalue weighted by molar-refractivity contribution is -0.169. The highest BCUT2D eigenvalue weighted by Crippen LogP contribution is 2.57. The Morgan fingerprint density at radius 2 is 1.96 bits per heavy atom. The maximum Gasteiger partial charge on any atom is 0.312 e. The van der Waals surface area contributed by atoms with Gasteiger partial charge in [0.1, 0.15) is 0 Å². The van der Waals surface area contributed by atoms with Crippen molar-refractivity contribution in [2.75, 3.05) is 0 Å². The van der Waals surface area contributed by atoms with Crippen molar-refractivity contribution in [2.24, 2.45) is 11.3 Å². The molecule has 4 unspecified atom stereocenters. The molecule has 2 aliphatic carbocycles. The maximum absolute atomic E-state index is 13.2. The average Bonchev–Trinajstić information content (AvgIpc) is 2.61. The van der Waals surface area contributed by atoms with Crippen molar-refractivity contribution in [3.05, 3.63) is 34.9 Å². The molecule has 1 fully saturated rings. The first-order chi connectivity index (χ1) is 12.7. The summed E-state index contributed by atoms with van der Waals surface area (Å²) in [6.07, 6.45) is 7.46. The highest BCUT2D eigenvalue weighted by molar-refractivity contribution is 5.77. The van der Waals surface area contributed by atoms with E-state index in [0.29, 0.717) is 11.8 Å². The minimum absolute atomic E-state index is 0.0250. The Hall–Kier alpha value is -1.31. The Morgan fingerprint density at radius 1 is 1.22 bits per heavy atom. The summed E-state index contributed by atoms with van der Waals surface area (Å²) < 4.78 is 5.93. The van der Waals surface area contributed by atoms with Gasteiger partial charge in [0.05, 0.1) is 11.5 Å². The molecule has 0 amide bonds. The molecule has 0 spiro atoms. The van der Waals surface area contributed by atoms with Gasteiger partial charge in [-0.15, -0.1) is 0 Å². The van der Waals surface area contributed by atoms with Crippen LogP contribution in [0.1, 0.15) is 103 Å². The molecule has 2 aliphatic rings. The first-order valence-electron chi connectivity index (χ1n) is 11.1. The summed E-state index contributed by atoms with van der Waals surface area (Å²) in [5, 5.41) is 0. The molecular formula is C25H38O2. The summed E-state index contributed by atoms with van der Waals surface area (Å²) in [7, 11) is 0. The molecule has 3 rings (SSSR count). The van der Waals surface area contributed by atoms with Gasteiger partial charge in [-0.2, -0.15) is 0 Å². The predicted octanol–water partition coefficient (Wildman–Crippen LogP) is 6.55. The number of carbonyl (C=O) groups excluding carboxylic acids is 1. The zero-order chi connectivity index (χ0) is 19.8. The molecule has 0 saturated heterocycles. The molecule has 150 valence electrons. The second-order valence-electron chi connectivity index (χ2n) is 9.86. The first-order valence-corrected chi connectivity index (χ1v) is 11.1. The van der Waals surface area contributed by atoms with E-state index in [-0.39, 0.29) is 22.9 Å². The van der Waals surface area contributed by atoms with E-state index in [1.54, 1.807) is 0 Å². The Morgan fingerprint density at radius 3 is 2.63 bits per heavy atom. The van der Waals surface area contributed by atoms with Crippen LogP contribution in [0.4, 0.5) is 0 Å². The zero-order valence-corrected chi connectivity index (χ0v) is 18.2. The van der Waals surface area contributed by atoms with Gasteiger partial charge in [-0.25, -0.2) is 0 Å². The van der Waals surface area contributed by atoms with E-state index < -0.39 is 0 Å². The number of aryl methyl sites for hydroxylation is 1. The third-order valence-corrected chi connectivity index (χ3v) is 7.51. The summed E-state index contributed by atoms with van der Waals surface area (Å²) in [5.74, 6) is 0.978. The van der Waals surface area contributed by atoms with Gasteiger partial charge in [0.2, 0.25) is 0 Å². The van der Waals surface area contributed by atoms with Gasteiger partial charge in [-0.3, -0.25) is 4.79 Å². The highest BCUT2D eigenvalue weighted by atomic mass is 16.5. The Balaban J connectivity index is 1.92. The minimum Gasteiger partial charge on any atom is -0.462 e. The predicted molar refractivity (Wildman–Crippen MR) is 112 cm³/mol. The number of fused-ring (bicyclic) bond motifs is 3. The van der Waals surface area contributed by atoms with Crippen LogP contribution < -0.4 is 0 Å². The molecule has 2 heteroatoms. The van der Waals surface area contributed by atoms with Gasteiger partial charge in [0, 0.05) is 0 Å². The molecular weight excluding hydrogens is 332 g/mol. The van der Waals surface area contributed by atoms with Gasteiger partial charge in [-0.05, 0) is 79.9 Å². The Bertz CT molecular complexity index is 692. The van der Waals surface area contributed by atoms with Crippen molar-refractivity contribution >= 4 is 5.97 Å². The van der Waals surface area contributed by atoms with E-state index in [9.17, 15) is 4.79 Å². The number of benzene rings is 1. The van der Waals surface area contributed by atoms with Crippen molar-refractivity contribution < 1.29 is 9.53 Å². The van der Waals surface area contributed by atoms with Crippen molar-refractivity contribution in [2.45, 2.75) is 104 Å². The second kappa shape index (κ2) is 7.60. The molecule has 4 atom stereocenters. The van der Waals surface area contributed by atoms with Crippen molar-refractivity contribution in [3.8, 4) is 0 Å². The molecule has 1 aromatic rings. The lowest BCUT2D eigenvalue weighted by Crippen LogP contribution is -2.53. The molecule has 1 aromatic carbocycles. The molecule has 0 aromatic heterocycles. The maximum atomic E-state index is 13.2. The molecule has 1 saturated carbocycles. The number of esters is 1. The molecule has 0 heterocycles. The monoisotopic (exact) mass is 370 g/mol. The van der Waals surface area contributed by atoms with Crippen LogP contribution in [-0.4, -0.2) is 12.1 Å². The molecule has 0 bridgehead atoms. The topological polar surface area (TPSA) is 26.3 Å². The molecule has 0 aliphatic heterocycles. The third-order valence-electron chi connectivity index (χ3n) is 7.51. The molecule has 27 heavy (non-hydrogen) atoms. The summed E-state index contributed by atoms with van der Waals surface area (Å²) in [6, 6.07) is 7.10. The summed E-state index contributed by atoms with van der Waals surface area (Å²) >= 11 is 0. The fourth-order valence-electron chi connectivity index (χ4n) is 5.90. The van der Waals surface area contributed by atoms with Gasteiger partial charge in [-0.1, -0.05) is 58.7 Å². The van der Waals surface area contributed by atoms with E-state index in [0.717, 1.165) is 38.5 Å². The van der Waals surface area contributed by atoms with E-state index >= 15 is 0 Å². The van der Waals surface area contributed by atoms with Crippen LogP contribution in [0.15, 0.2) is 18.2 Å². The highest BCUT2D eigenvalue weighted by Gasteiger charge is 2.55. The van der Waals surface area contributed by atoms with Gasteiger partial charge in [0.25, 0.3) is 0 Å². The molecule has 2 nitrogen and oxygen atoms in total. The summed E-state index contributed by atoms with van der Waals surface area (Å²) in [6.45, 7) is 13.3. The lowest BCUT2D eigenvalue weighted by Gasteiger charge is -2.54. The van der Waals surface area contributed by atoms with Crippen LogP contribution in [0.2, 0.25) is 0 Å². The number of hydrogen-bond donors (Lipinski definition) is 0. The smallest absolute Gasteiger partial charge is 0.312 e. The van der Waals surface area contributed by atoms with E-state index in [1.807, 2.05) is 6.92 Å². The van der Waals surface area contributed by atoms with Gasteiger partial charge < -0.3 is 4.74 Å². The van der Waals surface area contributed by atoms with Crippen molar-refractivity contribution in [3.63, 3.8) is 0 Å². The van der Waals surface area contributed by atoms with Crippen LogP contribution in [0.3, 0.4) is 0 Å². The first kappa shape index (κ1) is 20.4. The quantitative estimate of drug-likeness (QED) is 0.549. The second-order valence-corrected chi connectivity index (χ2v) is 9.86. The van der Waals surface area contributed by atoms with Gasteiger partial charge in [0.15, 0.2) is 0 Å². The number of hydrogen-bond acceptors (Lipinski definition) is 2. The van der Waals surface area contributed by atoms with Crippen LogP contribution in [0.5, 0.6) is 0 Å². The standard InChI is InChI=1S/C25H38O2/c1-7-9-18(4)27-23(26)25(6)15-8-14-24(5)21-12-10-19(17(2)3)16-20(21)11-13-22(24)25/h10,12,16-18,22H,7-9,11,13-15H2,1-6H3. The van der Waals surface area contributed by atoms with E-state index in [4.69, 9.17) is 4.74 Å². The van der Waals surface area contributed by atoms with Crippen LogP contribution in [0, 0.1) is 11.3 Å². The fourth-order valence-corrected chi connectivity index (χ4v) is 5.90. The molecule has 0 N–H and O–H groups in total. The largest absolute Gasteiger partial charge is 0.462 e. The van der Waals surface area contributed by atoms with Crippen molar-refractivity contribution in [1.29, 1.82) is 0 Å². The van der Waals surface area contributed by atoms with Crippen LogP contribution in [0.25, 0.3) is 0 Å². The van der Waals surface area contributed by atoms with Gasteiger partial charge >= 0.3 is 5.97 Å². The van der Waals surface area contributed by atoms with Crippen LogP contribution >= 0.6 is 0 Å². The van der Waals surface area contributed by atoms with E-state index in [2.05, 4.69) is 52.8 Å². The lowest BCUT2D eigenvalue weighted by atomic mass is 9.49.